The minimum Gasteiger partial charge on any atom is -0.332 e. The molecule has 0 radical (unpaired) electrons. The van der Waals surface area contributed by atoms with Gasteiger partial charge in [-0.05, 0) is 19.1 Å². The lowest BCUT2D eigenvalue weighted by molar-refractivity contribution is -0.116. The van der Waals surface area contributed by atoms with Crippen molar-refractivity contribution in [1.82, 2.24) is 14.7 Å². The number of aryl methyl sites for hydroxylation is 2. The zero-order chi connectivity index (χ0) is 18.0. The fourth-order valence-electron chi connectivity index (χ4n) is 2.15. The molecule has 0 saturated heterocycles. The monoisotopic (exact) mass is 388 g/mol. The fourth-order valence-corrected chi connectivity index (χ4v) is 2.89. The Bertz CT molecular complexity index is 784. The number of carbonyl (C=O) groups is 2. The first kappa shape index (κ1) is 18.6. The number of aromatic nitrogens is 2. The van der Waals surface area contributed by atoms with Crippen LogP contribution in [-0.2, 0) is 11.8 Å². The number of para-hydroxylation sites is 1. The first-order valence-corrected chi connectivity index (χ1v) is 8.04. The van der Waals surface area contributed by atoms with Crippen molar-refractivity contribution >= 4 is 52.3 Å². The number of halogens is 3. The number of carbonyl (C=O) groups excluding carboxylic acids is 2. The normalized spacial score (nSPS) is 10.6. The van der Waals surface area contributed by atoms with E-state index in [1.165, 1.54) is 16.6 Å². The molecule has 0 saturated carbocycles. The molecule has 2 aromatic rings. The van der Waals surface area contributed by atoms with Crippen LogP contribution in [0.15, 0.2) is 18.2 Å². The summed E-state index contributed by atoms with van der Waals surface area (Å²) in [4.78, 5) is 25.9. The molecular formula is C15H15Cl3N4O2. The van der Waals surface area contributed by atoms with E-state index in [1.54, 1.807) is 32.2 Å². The van der Waals surface area contributed by atoms with E-state index < -0.39 is 11.8 Å². The molecule has 24 heavy (non-hydrogen) atoms. The lowest BCUT2D eigenvalue weighted by atomic mass is 10.2. The molecule has 1 N–H and O–H groups in total. The van der Waals surface area contributed by atoms with Crippen LogP contribution in [0.4, 0.5) is 5.69 Å². The van der Waals surface area contributed by atoms with Crippen LogP contribution < -0.4 is 5.32 Å². The van der Waals surface area contributed by atoms with Gasteiger partial charge in [-0.3, -0.25) is 14.3 Å². The van der Waals surface area contributed by atoms with Gasteiger partial charge in [0, 0.05) is 14.1 Å². The van der Waals surface area contributed by atoms with E-state index in [9.17, 15) is 9.59 Å². The molecule has 9 heteroatoms. The van der Waals surface area contributed by atoms with Crippen LogP contribution in [0.25, 0.3) is 0 Å². The van der Waals surface area contributed by atoms with Gasteiger partial charge < -0.3 is 10.2 Å². The summed E-state index contributed by atoms with van der Waals surface area (Å²) < 4.78 is 1.40. The molecule has 2 rings (SSSR count). The Morgan fingerprint density at radius 1 is 1.25 bits per heavy atom. The third-order valence-electron chi connectivity index (χ3n) is 3.32. The zero-order valence-electron chi connectivity index (χ0n) is 13.2. The topological polar surface area (TPSA) is 67.2 Å². The van der Waals surface area contributed by atoms with Crippen molar-refractivity contribution in [3.05, 3.63) is 44.7 Å². The van der Waals surface area contributed by atoms with Crippen LogP contribution in [0.3, 0.4) is 0 Å². The molecule has 1 heterocycles. The molecule has 0 fully saturated rings. The van der Waals surface area contributed by atoms with Crippen molar-refractivity contribution in [3.63, 3.8) is 0 Å². The Morgan fingerprint density at radius 3 is 2.33 bits per heavy atom. The summed E-state index contributed by atoms with van der Waals surface area (Å²) in [5, 5.41) is 7.54. The van der Waals surface area contributed by atoms with E-state index in [-0.39, 0.29) is 17.3 Å². The highest BCUT2D eigenvalue weighted by Gasteiger charge is 2.23. The van der Waals surface area contributed by atoms with E-state index in [0.717, 1.165) is 0 Å². The third-order valence-corrected chi connectivity index (χ3v) is 4.38. The number of hydrogen-bond acceptors (Lipinski definition) is 3. The molecule has 0 aliphatic heterocycles. The van der Waals surface area contributed by atoms with Crippen molar-refractivity contribution in [3.8, 4) is 0 Å². The second-order valence-corrected chi connectivity index (χ2v) is 6.35. The Balaban J connectivity index is 2.10. The van der Waals surface area contributed by atoms with Crippen LogP contribution in [0, 0.1) is 6.92 Å². The Labute approximate surface area is 154 Å². The van der Waals surface area contributed by atoms with E-state index >= 15 is 0 Å². The zero-order valence-corrected chi connectivity index (χ0v) is 15.5. The maximum absolute atomic E-state index is 12.5. The molecule has 0 bridgehead atoms. The minimum absolute atomic E-state index is 0.189. The van der Waals surface area contributed by atoms with Gasteiger partial charge in [0.15, 0.2) is 0 Å². The highest BCUT2D eigenvalue weighted by Crippen LogP contribution is 2.29. The van der Waals surface area contributed by atoms with Crippen molar-refractivity contribution in [2.45, 2.75) is 6.92 Å². The molecule has 0 spiro atoms. The van der Waals surface area contributed by atoms with Crippen molar-refractivity contribution < 1.29 is 9.59 Å². The standard InChI is InChI=1S/C15H15Cl3N4O2/c1-8-12(14(18)22(3)20-8)15(24)21(2)7-11(23)19-13-9(16)5-4-6-10(13)17/h4-6H,7H2,1-3H3,(H,19,23). The number of benzene rings is 1. The quantitative estimate of drug-likeness (QED) is 0.871. The van der Waals surface area contributed by atoms with Gasteiger partial charge in [0.25, 0.3) is 5.91 Å². The molecule has 2 amide bonds. The van der Waals surface area contributed by atoms with Crippen LogP contribution in [0.1, 0.15) is 16.1 Å². The average Bonchev–Trinajstić information content (AvgIpc) is 2.75. The average molecular weight is 390 g/mol. The maximum atomic E-state index is 12.5. The minimum atomic E-state index is -0.432. The van der Waals surface area contributed by atoms with Gasteiger partial charge in [-0.2, -0.15) is 5.10 Å². The van der Waals surface area contributed by atoms with Crippen LogP contribution in [-0.4, -0.2) is 40.1 Å². The Hall–Kier alpha value is -1.76. The summed E-state index contributed by atoms with van der Waals surface area (Å²) in [5.74, 6) is -0.829. The summed E-state index contributed by atoms with van der Waals surface area (Å²) in [5.41, 5.74) is 1.07. The molecule has 0 aliphatic rings. The molecule has 6 nitrogen and oxygen atoms in total. The highest BCUT2D eigenvalue weighted by atomic mass is 35.5. The molecule has 1 aromatic carbocycles. The maximum Gasteiger partial charge on any atom is 0.259 e. The van der Waals surface area contributed by atoms with Crippen molar-refractivity contribution in [1.29, 1.82) is 0 Å². The second kappa shape index (κ2) is 7.42. The predicted molar refractivity (Wildman–Crippen MR) is 95.0 cm³/mol. The van der Waals surface area contributed by atoms with Crippen LogP contribution in [0.2, 0.25) is 15.2 Å². The summed E-state index contributed by atoms with van der Waals surface area (Å²) >= 11 is 18.1. The third kappa shape index (κ3) is 3.83. The van der Waals surface area contributed by atoms with Gasteiger partial charge in [0.2, 0.25) is 5.91 Å². The summed E-state index contributed by atoms with van der Waals surface area (Å²) in [6.45, 7) is 1.49. The summed E-state index contributed by atoms with van der Waals surface area (Å²) in [7, 11) is 3.14. The van der Waals surface area contributed by atoms with E-state index in [4.69, 9.17) is 34.8 Å². The number of amides is 2. The van der Waals surface area contributed by atoms with Crippen molar-refractivity contribution in [2.75, 3.05) is 18.9 Å². The van der Waals surface area contributed by atoms with Gasteiger partial charge in [-0.1, -0.05) is 40.9 Å². The van der Waals surface area contributed by atoms with Gasteiger partial charge in [-0.25, -0.2) is 0 Å². The smallest absolute Gasteiger partial charge is 0.259 e. The molecular weight excluding hydrogens is 375 g/mol. The molecule has 128 valence electrons. The first-order valence-electron chi connectivity index (χ1n) is 6.90. The number of nitrogens with one attached hydrogen (secondary N) is 1. The number of anilines is 1. The number of nitrogens with zero attached hydrogens (tertiary/aromatic N) is 3. The van der Waals surface area contributed by atoms with Crippen LogP contribution >= 0.6 is 34.8 Å². The lowest BCUT2D eigenvalue weighted by Gasteiger charge is -2.17. The highest BCUT2D eigenvalue weighted by molar-refractivity contribution is 6.39. The molecule has 0 atom stereocenters. The van der Waals surface area contributed by atoms with Gasteiger partial charge in [-0.15, -0.1) is 0 Å². The second-order valence-electron chi connectivity index (χ2n) is 5.18. The molecule has 0 aliphatic carbocycles. The van der Waals surface area contributed by atoms with Crippen molar-refractivity contribution in [2.24, 2.45) is 7.05 Å². The fraction of sp³-hybridized carbons (Fsp3) is 0.267. The van der Waals surface area contributed by atoms with E-state index in [2.05, 4.69) is 10.4 Å². The number of likely N-dealkylation sites (N-methyl/N-ethyl adjacent to an activating group) is 1. The largest absolute Gasteiger partial charge is 0.332 e. The van der Waals surface area contributed by atoms with Crippen LogP contribution in [0.5, 0.6) is 0 Å². The van der Waals surface area contributed by atoms with E-state index in [0.29, 0.717) is 21.4 Å². The molecule has 0 unspecified atom stereocenters. The first-order chi connectivity index (χ1) is 11.2. The van der Waals surface area contributed by atoms with E-state index in [1.807, 2.05) is 0 Å². The van der Waals surface area contributed by atoms with Gasteiger partial charge in [0.05, 0.1) is 33.5 Å². The SMILES string of the molecule is Cc1nn(C)c(Cl)c1C(=O)N(C)CC(=O)Nc1c(Cl)cccc1Cl. The summed E-state index contributed by atoms with van der Waals surface area (Å²) in [6, 6.07) is 4.89. The number of rotatable bonds is 4. The van der Waals surface area contributed by atoms with Gasteiger partial charge >= 0.3 is 0 Å². The van der Waals surface area contributed by atoms with Gasteiger partial charge in [0.1, 0.15) is 5.15 Å². The number of hydrogen-bond donors (Lipinski definition) is 1. The Morgan fingerprint density at radius 2 is 1.83 bits per heavy atom. The lowest BCUT2D eigenvalue weighted by Crippen LogP contribution is -2.35. The summed E-state index contributed by atoms with van der Waals surface area (Å²) in [6.07, 6.45) is 0. The predicted octanol–water partition coefficient (Wildman–Crippen LogP) is 3.40. The molecule has 1 aromatic heterocycles. The Kier molecular flexibility index (Phi) is 5.74.